The number of benzene rings is 2. The number of halogens is 6. The number of rotatable bonds is 4. The summed E-state index contributed by atoms with van der Waals surface area (Å²) >= 11 is 1.87. The Morgan fingerprint density at radius 3 is 1.24 bits per heavy atom. The van der Waals surface area contributed by atoms with Crippen LogP contribution in [0, 0.1) is 0 Å². The second-order valence-corrected chi connectivity index (χ2v) is 14.0. The fraction of sp³-hybridized carbons (Fsp3) is 0.333. The molecule has 49 heavy (non-hydrogen) atoms. The summed E-state index contributed by atoms with van der Waals surface area (Å²) in [6.07, 6.45) is -10.3. The molecule has 10 nitrogen and oxygen atoms in total. The van der Waals surface area contributed by atoms with E-state index in [1.165, 1.54) is 24.3 Å². The summed E-state index contributed by atoms with van der Waals surface area (Å²) in [6, 6.07) is 8.95. The van der Waals surface area contributed by atoms with Gasteiger partial charge in [-0.2, -0.15) is 26.3 Å². The molecule has 2 amide bonds. The van der Waals surface area contributed by atoms with Crippen molar-refractivity contribution in [3.63, 3.8) is 0 Å². The number of amides is 2. The van der Waals surface area contributed by atoms with E-state index in [-0.39, 0.29) is 38.3 Å². The molecule has 0 saturated heterocycles. The van der Waals surface area contributed by atoms with Gasteiger partial charge in [-0.15, -0.1) is 34.9 Å². The number of carbonyl (C=O) groups is 4. The van der Waals surface area contributed by atoms with Gasteiger partial charge in [-0.25, -0.2) is 9.59 Å². The molecule has 2 aliphatic heterocycles. The molecule has 19 heteroatoms. The van der Waals surface area contributed by atoms with Crippen molar-refractivity contribution in [1.82, 2.24) is 10.6 Å². The van der Waals surface area contributed by atoms with Crippen molar-refractivity contribution in [3.8, 4) is 11.5 Å². The van der Waals surface area contributed by atoms with Crippen LogP contribution < -0.4 is 20.1 Å². The van der Waals surface area contributed by atoms with Gasteiger partial charge in [0.05, 0.1) is 0 Å². The van der Waals surface area contributed by atoms with Crippen LogP contribution in [-0.2, 0) is 26.4 Å². The van der Waals surface area contributed by atoms with Gasteiger partial charge in [0.2, 0.25) is 0 Å². The number of alkyl halides is 6. The first-order valence-electron chi connectivity index (χ1n) is 13.6. The molecule has 1 radical (unpaired) electrons. The van der Waals surface area contributed by atoms with Gasteiger partial charge >= 0.3 is 41.3 Å². The zero-order chi connectivity index (χ0) is 36.2. The van der Waals surface area contributed by atoms with E-state index in [9.17, 15) is 45.5 Å². The summed E-state index contributed by atoms with van der Waals surface area (Å²) in [5.41, 5.74) is -0.270. The van der Waals surface area contributed by atoms with Crippen molar-refractivity contribution in [2.75, 3.05) is 0 Å². The molecule has 2 aliphatic rings. The Hall–Kier alpha value is -3.81. The molecule has 4 rings (SSSR count). The van der Waals surface area contributed by atoms with Gasteiger partial charge in [-0.3, -0.25) is 9.59 Å². The average molecular weight is 778 g/mol. The number of carbonyl (C=O) groups excluding carboxylic acids is 4. The summed E-state index contributed by atoms with van der Waals surface area (Å²) in [4.78, 5) is 46.5. The van der Waals surface area contributed by atoms with Crippen molar-refractivity contribution in [3.05, 3.63) is 69.2 Å². The third-order valence-electron chi connectivity index (χ3n) is 5.19. The van der Waals surface area contributed by atoms with Crippen LogP contribution in [0.15, 0.2) is 68.4 Å². The van der Waals surface area contributed by atoms with E-state index < -0.39 is 47.2 Å². The number of thioether (sulfide) groups is 2. The maximum atomic E-state index is 12.3. The van der Waals surface area contributed by atoms with Crippen LogP contribution >= 0.6 is 23.5 Å². The monoisotopic (exact) mass is 777 g/mol. The van der Waals surface area contributed by atoms with E-state index in [1.807, 2.05) is 0 Å². The molecule has 0 bridgehead atoms. The minimum Gasteiger partial charge on any atom is -0.651 e. The van der Waals surface area contributed by atoms with Crippen LogP contribution in [0.4, 0.5) is 47.3 Å². The average Bonchev–Trinajstić information content (AvgIpc) is 3.47. The van der Waals surface area contributed by atoms with Crippen LogP contribution in [-0.4, -0.2) is 47.2 Å². The summed E-state index contributed by atoms with van der Waals surface area (Å²) in [5, 5.41) is 13.0. The molecule has 0 spiro atoms. The molecule has 267 valence electrons. The molecule has 2 aromatic carbocycles. The van der Waals surface area contributed by atoms with Crippen molar-refractivity contribution in [1.29, 1.82) is 0 Å². The molecule has 2 aromatic rings. The smallest absolute Gasteiger partial charge is 0.651 e. The predicted molar refractivity (Wildman–Crippen MR) is 167 cm³/mol. The molecule has 2 N–H and O–H groups in total. The molecule has 2 heterocycles. The van der Waals surface area contributed by atoms with Gasteiger partial charge in [0.15, 0.2) is 0 Å². The third-order valence-corrected chi connectivity index (χ3v) is 7.16. The largest absolute Gasteiger partial charge is 2.00 e. The summed E-state index contributed by atoms with van der Waals surface area (Å²) < 4.78 is 83.8. The zero-order valence-corrected chi connectivity index (χ0v) is 29.1. The predicted octanol–water partition coefficient (Wildman–Crippen LogP) is 9.31. The van der Waals surface area contributed by atoms with Crippen LogP contribution in [0.3, 0.4) is 0 Å². The minimum atomic E-state index is -4.93. The Bertz CT molecular complexity index is 1550. The van der Waals surface area contributed by atoms with E-state index in [4.69, 9.17) is 9.47 Å². The number of ether oxygens (including phenoxy) is 2. The Morgan fingerprint density at radius 2 is 0.959 bits per heavy atom. The number of hydrogen-bond acceptors (Lipinski definition) is 8. The molecule has 0 aromatic heterocycles. The summed E-state index contributed by atoms with van der Waals surface area (Å²) in [6.45, 7) is 10.7. The first-order valence-corrected chi connectivity index (χ1v) is 15.2. The van der Waals surface area contributed by atoms with Crippen molar-refractivity contribution < 1.29 is 71.8 Å². The van der Waals surface area contributed by atoms with E-state index in [1.54, 1.807) is 53.7 Å². The molecular weight excluding hydrogens is 749 g/mol. The van der Waals surface area contributed by atoms with Gasteiger partial charge in [0, 0.05) is 11.1 Å². The van der Waals surface area contributed by atoms with Crippen LogP contribution in [0.25, 0.3) is 10.6 Å². The van der Waals surface area contributed by atoms with E-state index in [0.717, 1.165) is 23.5 Å². The molecule has 0 saturated carbocycles. The maximum Gasteiger partial charge on any atom is 2.00 e. The van der Waals surface area contributed by atoms with Gasteiger partial charge in [0.1, 0.15) is 11.5 Å². The topological polar surface area (TPSA) is 139 Å². The fourth-order valence-electron chi connectivity index (χ4n) is 3.37. The van der Waals surface area contributed by atoms with Gasteiger partial charge in [-0.05, 0) is 99.9 Å². The molecule has 0 atom stereocenters. The Balaban J connectivity index is 0.000000333. The van der Waals surface area contributed by atoms with Gasteiger partial charge in [0.25, 0.3) is 11.6 Å². The Morgan fingerprint density at radius 1 is 0.633 bits per heavy atom. The first kappa shape index (κ1) is 41.4. The first-order chi connectivity index (χ1) is 21.9. The Labute approximate surface area is 295 Å². The molecule has 0 fully saturated rings. The fourth-order valence-corrected chi connectivity index (χ4v) is 5.13. The number of hydrogen-bond donors (Lipinski definition) is 2. The number of fused-ring (bicyclic) bond motifs is 2. The van der Waals surface area contributed by atoms with E-state index in [2.05, 4.69) is 21.3 Å². The second kappa shape index (κ2) is 15.8. The van der Waals surface area contributed by atoms with Crippen molar-refractivity contribution in [2.45, 2.75) is 74.8 Å². The standard InChI is InChI=1S/2C15H15F3N2O3S.Co/c2*1-14(2,3)20-13(22)23-8-4-5-10-9(6-8)19-12(24-10)7-11(21)15(16,17)18;/h2*4-7H,1-3H3,(H2,19,20,21,22);/q;;+2/p-2. The van der Waals surface area contributed by atoms with Crippen LogP contribution in [0.1, 0.15) is 41.5 Å². The van der Waals surface area contributed by atoms with Crippen LogP contribution in [0.5, 0.6) is 11.5 Å². The third kappa shape index (κ3) is 13.5. The second-order valence-electron chi connectivity index (χ2n) is 11.9. The number of ketones is 2. The van der Waals surface area contributed by atoms with E-state index in [0.29, 0.717) is 33.3 Å². The normalized spacial score (nSPS) is 15.3. The van der Waals surface area contributed by atoms with Crippen molar-refractivity contribution in [2.24, 2.45) is 0 Å². The van der Waals surface area contributed by atoms with Crippen LogP contribution in [0.2, 0.25) is 0 Å². The summed E-state index contributed by atoms with van der Waals surface area (Å²) in [5.74, 6) is -3.54. The summed E-state index contributed by atoms with van der Waals surface area (Å²) in [7, 11) is 0. The molecule has 0 unspecified atom stereocenters. The quantitative estimate of drug-likeness (QED) is 0.231. The number of allylic oxidation sites excluding steroid dienone is 2. The minimum absolute atomic E-state index is 0. The maximum absolute atomic E-state index is 12.3. The molecule has 0 aliphatic carbocycles. The Kier molecular flexibility index (Phi) is 13.3. The zero-order valence-electron chi connectivity index (χ0n) is 26.4. The number of nitrogens with one attached hydrogen (secondary N) is 2. The number of nitrogens with zero attached hydrogens (tertiary/aromatic N) is 2. The molecular formula is C30H28CoF6N4O6S2. The van der Waals surface area contributed by atoms with E-state index >= 15 is 0 Å². The van der Waals surface area contributed by atoms with Crippen molar-refractivity contribution >= 4 is 58.7 Å². The SMILES string of the molecule is CC(C)(C)NC(=O)Oc1ccc2c(c1)[N-]/C(=C\C(=O)C(F)(F)F)S2.CC(C)(C)NC(=O)Oc1ccc2c(c1)[N-]/C(=C\C(=O)C(F)(F)F)S2.[Co+2]. The van der Waals surface area contributed by atoms with Gasteiger partial charge in [-0.1, -0.05) is 10.1 Å². The van der Waals surface area contributed by atoms with Gasteiger partial charge < -0.3 is 30.7 Å².